The second-order valence-electron chi connectivity index (χ2n) is 5.11. The molecule has 1 fully saturated rings. The molecule has 0 bridgehead atoms. The lowest BCUT2D eigenvalue weighted by Gasteiger charge is -2.23. The van der Waals surface area contributed by atoms with Crippen LogP contribution in [-0.2, 0) is 4.79 Å². The third kappa shape index (κ3) is 3.47. The van der Waals surface area contributed by atoms with Crippen LogP contribution in [0.1, 0.15) is 31.9 Å². The molecule has 0 aromatic heterocycles. The van der Waals surface area contributed by atoms with Crippen LogP contribution in [0.5, 0.6) is 0 Å². The average Bonchev–Trinajstić information content (AvgIpc) is 2.64. The van der Waals surface area contributed by atoms with Crippen molar-refractivity contribution in [2.75, 3.05) is 31.1 Å². The number of amides is 1. The van der Waals surface area contributed by atoms with Crippen molar-refractivity contribution in [3.8, 4) is 0 Å². The van der Waals surface area contributed by atoms with Crippen LogP contribution in [-0.4, -0.2) is 42.1 Å². The second kappa shape index (κ2) is 6.06. The quantitative estimate of drug-likeness (QED) is 0.884. The summed E-state index contributed by atoms with van der Waals surface area (Å²) < 4.78 is 0. The lowest BCUT2D eigenvalue weighted by atomic mass is 10.1. The van der Waals surface area contributed by atoms with Gasteiger partial charge < -0.3 is 14.9 Å². The number of rotatable bonds is 2. The van der Waals surface area contributed by atoms with Crippen molar-refractivity contribution in [2.45, 2.75) is 26.4 Å². The minimum absolute atomic E-state index is 0.159. The zero-order valence-corrected chi connectivity index (χ0v) is 11.7. The molecule has 1 aliphatic heterocycles. The zero-order chi connectivity index (χ0) is 13.8. The molecule has 1 aromatic rings. The average molecular weight is 262 g/mol. The minimum Gasteiger partial charge on any atom is -0.389 e. The van der Waals surface area contributed by atoms with E-state index in [1.807, 2.05) is 29.2 Å². The van der Waals surface area contributed by atoms with Crippen LogP contribution < -0.4 is 4.90 Å². The Morgan fingerprint density at radius 3 is 2.42 bits per heavy atom. The standard InChI is InChI=1S/C15H22N2O2/c1-12(18)14-4-6-15(7-5-14)17-9-3-8-16(10-11-17)13(2)19/h4-7,12,18H,3,8-11H2,1-2H3/t12-/m1/s1. The van der Waals surface area contributed by atoms with Crippen LogP contribution in [0.2, 0.25) is 0 Å². The first kappa shape index (κ1) is 13.9. The molecular formula is C15H22N2O2. The maximum Gasteiger partial charge on any atom is 0.219 e. The molecule has 0 saturated carbocycles. The predicted octanol–water partition coefficient (Wildman–Crippen LogP) is 1.80. The lowest BCUT2D eigenvalue weighted by Crippen LogP contribution is -2.33. The van der Waals surface area contributed by atoms with Gasteiger partial charge in [0.2, 0.25) is 5.91 Å². The topological polar surface area (TPSA) is 43.8 Å². The second-order valence-corrected chi connectivity index (χ2v) is 5.11. The smallest absolute Gasteiger partial charge is 0.219 e. The molecule has 0 radical (unpaired) electrons. The number of carbonyl (C=O) groups is 1. The molecule has 19 heavy (non-hydrogen) atoms. The summed E-state index contributed by atoms with van der Waals surface area (Å²) in [6.07, 6.45) is 0.573. The van der Waals surface area contributed by atoms with E-state index >= 15 is 0 Å². The van der Waals surface area contributed by atoms with Gasteiger partial charge in [-0.15, -0.1) is 0 Å². The Bertz CT molecular complexity index is 428. The summed E-state index contributed by atoms with van der Waals surface area (Å²) in [7, 11) is 0. The van der Waals surface area contributed by atoms with E-state index in [0.29, 0.717) is 0 Å². The monoisotopic (exact) mass is 262 g/mol. The largest absolute Gasteiger partial charge is 0.389 e. The van der Waals surface area contributed by atoms with Crippen LogP contribution in [0.25, 0.3) is 0 Å². The highest BCUT2D eigenvalue weighted by molar-refractivity contribution is 5.73. The van der Waals surface area contributed by atoms with Crippen molar-refractivity contribution in [1.82, 2.24) is 4.90 Å². The Morgan fingerprint density at radius 1 is 1.16 bits per heavy atom. The highest BCUT2D eigenvalue weighted by atomic mass is 16.3. The fraction of sp³-hybridized carbons (Fsp3) is 0.533. The van der Waals surface area contributed by atoms with E-state index < -0.39 is 6.10 Å². The van der Waals surface area contributed by atoms with Crippen LogP contribution in [0.4, 0.5) is 5.69 Å². The SMILES string of the molecule is CC(=O)N1CCCN(c2ccc([C@@H](C)O)cc2)CC1. The highest BCUT2D eigenvalue weighted by Crippen LogP contribution is 2.20. The third-order valence-corrected chi connectivity index (χ3v) is 3.68. The number of hydrogen-bond acceptors (Lipinski definition) is 3. The van der Waals surface area contributed by atoms with Crippen molar-refractivity contribution < 1.29 is 9.90 Å². The molecule has 2 rings (SSSR count). The van der Waals surface area contributed by atoms with Crippen molar-refractivity contribution in [2.24, 2.45) is 0 Å². The van der Waals surface area contributed by atoms with E-state index in [1.54, 1.807) is 13.8 Å². The Morgan fingerprint density at radius 2 is 1.84 bits per heavy atom. The summed E-state index contributed by atoms with van der Waals surface area (Å²) >= 11 is 0. The van der Waals surface area contributed by atoms with Crippen molar-refractivity contribution in [1.29, 1.82) is 0 Å². The predicted molar refractivity (Wildman–Crippen MR) is 76.2 cm³/mol. The number of aliphatic hydroxyl groups excluding tert-OH is 1. The van der Waals surface area contributed by atoms with E-state index in [0.717, 1.165) is 43.9 Å². The maximum absolute atomic E-state index is 11.4. The normalized spacial score (nSPS) is 18.1. The van der Waals surface area contributed by atoms with Crippen LogP contribution in [0.15, 0.2) is 24.3 Å². The maximum atomic E-state index is 11.4. The van der Waals surface area contributed by atoms with Crippen LogP contribution in [0.3, 0.4) is 0 Å². The molecule has 1 aliphatic rings. The fourth-order valence-corrected chi connectivity index (χ4v) is 2.45. The van der Waals surface area contributed by atoms with Gasteiger partial charge in [-0.2, -0.15) is 0 Å². The first-order valence-electron chi connectivity index (χ1n) is 6.86. The number of hydrogen-bond donors (Lipinski definition) is 1. The van der Waals surface area contributed by atoms with E-state index in [4.69, 9.17) is 0 Å². The van der Waals surface area contributed by atoms with E-state index in [1.165, 1.54) is 0 Å². The lowest BCUT2D eigenvalue weighted by molar-refractivity contribution is -0.128. The zero-order valence-electron chi connectivity index (χ0n) is 11.7. The number of benzene rings is 1. The van der Waals surface area contributed by atoms with Gasteiger partial charge in [0.1, 0.15) is 0 Å². The summed E-state index contributed by atoms with van der Waals surface area (Å²) in [5.74, 6) is 0.159. The Balaban J connectivity index is 2.03. The molecule has 4 nitrogen and oxygen atoms in total. The van der Waals surface area contributed by atoms with Gasteiger partial charge in [-0.1, -0.05) is 12.1 Å². The summed E-state index contributed by atoms with van der Waals surface area (Å²) in [5, 5.41) is 9.51. The van der Waals surface area contributed by atoms with Gasteiger partial charge in [-0.25, -0.2) is 0 Å². The molecule has 4 heteroatoms. The first-order chi connectivity index (χ1) is 9.08. The molecule has 104 valence electrons. The van der Waals surface area contributed by atoms with Crippen LogP contribution >= 0.6 is 0 Å². The van der Waals surface area contributed by atoms with Crippen molar-refractivity contribution >= 4 is 11.6 Å². The molecule has 0 spiro atoms. The Kier molecular flexibility index (Phi) is 4.43. The molecule has 1 atom stereocenters. The third-order valence-electron chi connectivity index (χ3n) is 3.68. The van der Waals surface area contributed by atoms with E-state index in [9.17, 15) is 9.90 Å². The minimum atomic E-state index is -0.425. The number of carbonyl (C=O) groups excluding carboxylic acids is 1. The van der Waals surface area contributed by atoms with Crippen molar-refractivity contribution in [3.63, 3.8) is 0 Å². The highest BCUT2D eigenvalue weighted by Gasteiger charge is 2.16. The van der Waals surface area contributed by atoms with Gasteiger partial charge >= 0.3 is 0 Å². The van der Waals surface area contributed by atoms with Gasteiger partial charge in [0.05, 0.1) is 6.10 Å². The van der Waals surface area contributed by atoms with Gasteiger partial charge in [-0.3, -0.25) is 4.79 Å². The van der Waals surface area contributed by atoms with Crippen LogP contribution in [0, 0.1) is 0 Å². The number of aliphatic hydroxyl groups is 1. The Hall–Kier alpha value is -1.55. The molecule has 1 N–H and O–H groups in total. The summed E-state index contributed by atoms with van der Waals surface area (Å²) in [4.78, 5) is 15.6. The summed E-state index contributed by atoms with van der Waals surface area (Å²) in [6, 6.07) is 8.03. The molecular weight excluding hydrogens is 240 g/mol. The molecule has 1 saturated heterocycles. The molecule has 1 amide bonds. The molecule has 1 aromatic carbocycles. The molecule has 1 heterocycles. The summed E-state index contributed by atoms with van der Waals surface area (Å²) in [5.41, 5.74) is 2.10. The van der Waals surface area contributed by atoms with Gasteiger partial charge in [0.25, 0.3) is 0 Å². The summed E-state index contributed by atoms with van der Waals surface area (Å²) in [6.45, 7) is 6.87. The number of anilines is 1. The van der Waals surface area contributed by atoms with Gasteiger partial charge in [-0.05, 0) is 31.0 Å². The van der Waals surface area contributed by atoms with E-state index in [-0.39, 0.29) is 5.91 Å². The van der Waals surface area contributed by atoms with Gasteiger partial charge in [0, 0.05) is 38.8 Å². The number of nitrogens with zero attached hydrogens (tertiary/aromatic N) is 2. The fourth-order valence-electron chi connectivity index (χ4n) is 2.45. The Labute approximate surface area is 114 Å². The molecule has 0 aliphatic carbocycles. The van der Waals surface area contributed by atoms with Gasteiger partial charge in [0.15, 0.2) is 0 Å². The van der Waals surface area contributed by atoms with E-state index in [2.05, 4.69) is 4.90 Å². The molecule has 0 unspecified atom stereocenters. The first-order valence-corrected chi connectivity index (χ1v) is 6.86. The van der Waals surface area contributed by atoms with Crippen molar-refractivity contribution in [3.05, 3.63) is 29.8 Å².